The highest BCUT2D eigenvalue weighted by molar-refractivity contribution is 5.60. The van der Waals surface area contributed by atoms with Gasteiger partial charge in [-0.05, 0) is 25.0 Å². The van der Waals surface area contributed by atoms with Crippen LogP contribution in [0.4, 0.5) is 10.1 Å². The van der Waals surface area contributed by atoms with Crippen molar-refractivity contribution in [3.05, 3.63) is 24.0 Å². The van der Waals surface area contributed by atoms with Crippen LogP contribution in [0.5, 0.6) is 5.75 Å². The Morgan fingerprint density at radius 3 is 3.06 bits per heavy atom. The molecule has 0 amide bonds. The molecule has 16 heavy (non-hydrogen) atoms. The molecule has 4 heteroatoms. The molecule has 1 aliphatic rings. The fourth-order valence-electron chi connectivity index (χ4n) is 1.93. The quantitative estimate of drug-likeness (QED) is 0.793. The van der Waals surface area contributed by atoms with Crippen LogP contribution in [0.25, 0.3) is 0 Å². The highest BCUT2D eigenvalue weighted by atomic mass is 19.1. The van der Waals surface area contributed by atoms with Crippen LogP contribution < -0.4 is 9.64 Å². The van der Waals surface area contributed by atoms with Crippen molar-refractivity contribution in [2.24, 2.45) is 0 Å². The van der Waals surface area contributed by atoms with Crippen LogP contribution in [0.1, 0.15) is 12.8 Å². The third kappa shape index (κ3) is 2.27. The lowest BCUT2D eigenvalue weighted by Crippen LogP contribution is -2.34. The smallest absolute Gasteiger partial charge is 0.150 e. The SMILES string of the molecule is OCCCCN1CCOc2cccc(F)c21. The minimum absolute atomic E-state index is 0.189. The van der Waals surface area contributed by atoms with Crippen molar-refractivity contribution < 1.29 is 14.2 Å². The summed E-state index contributed by atoms with van der Waals surface area (Å²) in [7, 11) is 0. The average molecular weight is 225 g/mol. The van der Waals surface area contributed by atoms with Crippen LogP contribution in [-0.2, 0) is 0 Å². The first-order valence-electron chi connectivity index (χ1n) is 5.60. The second kappa shape index (κ2) is 5.16. The lowest BCUT2D eigenvalue weighted by atomic mass is 10.2. The number of unbranched alkanes of at least 4 members (excludes halogenated alkanes) is 1. The third-order valence-corrected chi connectivity index (χ3v) is 2.72. The van der Waals surface area contributed by atoms with Crippen LogP contribution in [-0.4, -0.2) is 31.4 Å². The Hall–Kier alpha value is -1.29. The lowest BCUT2D eigenvalue weighted by Gasteiger charge is -2.31. The van der Waals surface area contributed by atoms with E-state index in [-0.39, 0.29) is 12.4 Å². The standard InChI is InChI=1S/C12H16FNO2/c13-10-4-3-5-11-12(10)14(7-9-16-11)6-1-2-8-15/h3-5,15H,1-2,6-9H2. The van der Waals surface area contributed by atoms with Gasteiger partial charge in [0.05, 0.1) is 6.54 Å². The van der Waals surface area contributed by atoms with Crippen molar-refractivity contribution in [2.75, 3.05) is 31.2 Å². The first-order chi connectivity index (χ1) is 7.83. The highest BCUT2D eigenvalue weighted by Crippen LogP contribution is 2.33. The van der Waals surface area contributed by atoms with Crippen molar-refractivity contribution in [3.8, 4) is 5.75 Å². The number of fused-ring (bicyclic) bond motifs is 1. The van der Waals surface area contributed by atoms with E-state index in [0.29, 0.717) is 24.6 Å². The Labute approximate surface area is 94.4 Å². The molecule has 0 unspecified atom stereocenters. The zero-order valence-corrected chi connectivity index (χ0v) is 9.16. The first-order valence-corrected chi connectivity index (χ1v) is 5.60. The van der Waals surface area contributed by atoms with E-state index in [2.05, 4.69) is 0 Å². The normalized spacial score (nSPS) is 14.5. The lowest BCUT2D eigenvalue weighted by molar-refractivity contribution is 0.280. The summed E-state index contributed by atoms with van der Waals surface area (Å²) in [6, 6.07) is 4.90. The molecule has 0 fully saturated rings. The van der Waals surface area contributed by atoms with E-state index in [9.17, 15) is 4.39 Å². The number of hydrogen-bond acceptors (Lipinski definition) is 3. The van der Waals surface area contributed by atoms with Crippen molar-refractivity contribution in [1.29, 1.82) is 0 Å². The molecular weight excluding hydrogens is 209 g/mol. The zero-order chi connectivity index (χ0) is 11.4. The first kappa shape index (κ1) is 11.2. The van der Waals surface area contributed by atoms with Crippen molar-refractivity contribution in [3.63, 3.8) is 0 Å². The summed E-state index contributed by atoms with van der Waals surface area (Å²) in [5.41, 5.74) is 0.562. The van der Waals surface area contributed by atoms with Crippen LogP contribution in [0.3, 0.4) is 0 Å². The number of benzene rings is 1. The molecule has 0 saturated carbocycles. The van der Waals surface area contributed by atoms with Crippen LogP contribution >= 0.6 is 0 Å². The van der Waals surface area contributed by atoms with Gasteiger partial charge in [-0.2, -0.15) is 0 Å². The number of para-hydroxylation sites is 1. The van der Waals surface area contributed by atoms with Gasteiger partial charge in [0.25, 0.3) is 0 Å². The maximum atomic E-state index is 13.7. The van der Waals surface area contributed by atoms with E-state index in [4.69, 9.17) is 9.84 Å². The molecule has 0 bridgehead atoms. The summed E-state index contributed by atoms with van der Waals surface area (Å²) in [5.74, 6) is 0.386. The minimum Gasteiger partial charge on any atom is -0.489 e. The monoisotopic (exact) mass is 225 g/mol. The number of rotatable bonds is 4. The molecule has 1 aliphatic heterocycles. The van der Waals surface area contributed by atoms with Gasteiger partial charge in [-0.3, -0.25) is 0 Å². The number of aliphatic hydroxyl groups is 1. The fraction of sp³-hybridized carbons (Fsp3) is 0.500. The molecule has 88 valence electrons. The van der Waals surface area contributed by atoms with Gasteiger partial charge in [0.2, 0.25) is 0 Å². The van der Waals surface area contributed by atoms with Gasteiger partial charge in [-0.15, -0.1) is 0 Å². The van der Waals surface area contributed by atoms with Crippen LogP contribution in [0.2, 0.25) is 0 Å². The molecule has 0 spiro atoms. The molecule has 0 saturated heterocycles. The van der Waals surface area contributed by atoms with Gasteiger partial charge in [0, 0.05) is 13.2 Å². The van der Waals surface area contributed by atoms with E-state index in [1.54, 1.807) is 12.1 Å². The predicted octanol–water partition coefficient (Wildman–Crippen LogP) is 1.80. The number of anilines is 1. The number of ether oxygens (including phenoxy) is 1. The van der Waals surface area contributed by atoms with Gasteiger partial charge in [-0.25, -0.2) is 4.39 Å². The second-order valence-corrected chi connectivity index (χ2v) is 3.85. The molecule has 0 atom stereocenters. The predicted molar refractivity (Wildman–Crippen MR) is 60.4 cm³/mol. The molecule has 1 N–H and O–H groups in total. The molecule has 0 aromatic heterocycles. The Kier molecular flexibility index (Phi) is 3.62. The van der Waals surface area contributed by atoms with E-state index >= 15 is 0 Å². The Morgan fingerprint density at radius 1 is 1.38 bits per heavy atom. The minimum atomic E-state index is -0.235. The highest BCUT2D eigenvalue weighted by Gasteiger charge is 2.20. The van der Waals surface area contributed by atoms with E-state index in [1.165, 1.54) is 6.07 Å². The van der Waals surface area contributed by atoms with E-state index in [0.717, 1.165) is 19.4 Å². The maximum absolute atomic E-state index is 13.7. The maximum Gasteiger partial charge on any atom is 0.150 e. The van der Waals surface area contributed by atoms with Gasteiger partial charge >= 0.3 is 0 Å². The number of nitrogens with zero attached hydrogens (tertiary/aromatic N) is 1. The third-order valence-electron chi connectivity index (χ3n) is 2.72. The molecule has 1 heterocycles. The summed E-state index contributed by atoms with van der Waals surface area (Å²) < 4.78 is 19.1. The summed E-state index contributed by atoms with van der Waals surface area (Å²) >= 11 is 0. The molecule has 0 radical (unpaired) electrons. The van der Waals surface area contributed by atoms with Crippen molar-refractivity contribution >= 4 is 5.69 Å². The molecule has 2 rings (SSSR count). The second-order valence-electron chi connectivity index (χ2n) is 3.85. The molecule has 1 aromatic carbocycles. The number of halogens is 1. The molecule has 1 aromatic rings. The van der Waals surface area contributed by atoms with Gasteiger partial charge < -0.3 is 14.7 Å². The summed E-state index contributed by atoms with van der Waals surface area (Å²) in [6.07, 6.45) is 1.62. The molecule has 0 aliphatic carbocycles. The fourth-order valence-corrected chi connectivity index (χ4v) is 1.93. The zero-order valence-electron chi connectivity index (χ0n) is 9.16. The number of hydrogen-bond donors (Lipinski definition) is 1. The van der Waals surface area contributed by atoms with Gasteiger partial charge in [0.1, 0.15) is 23.9 Å². The summed E-state index contributed by atoms with van der Waals surface area (Å²) in [4.78, 5) is 1.99. The topological polar surface area (TPSA) is 32.7 Å². The van der Waals surface area contributed by atoms with E-state index < -0.39 is 0 Å². The summed E-state index contributed by atoms with van der Waals surface area (Å²) in [5, 5.41) is 8.73. The van der Waals surface area contributed by atoms with Crippen LogP contribution in [0, 0.1) is 5.82 Å². The van der Waals surface area contributed by atoms with Gasteiger partial charge in [-0.1, -0.05) is 6.07 Å². The largest absolute Gasteiger partial charge is 0.489 e. The van der Waals surface area contributed by atoms with Crippen molar-refractivity contribution in [1.82, 2.24) is 0 Å². The van der Waals surface area contributed by atoms with E-state index in [1.807, 2.05) is 4.90 Å². The van der Waals surface area contributed by atoms with Crippen molar-refractivity contribution in [2.45, 2.75) is 12.8 Å². The molecular formula is C12H16FNO2. The number of aliphatic hydroxyl groups excluding tert-OH is 1. The Morgan fingerprint density at radius 2 is 2.25 bits per heavy atom. The Balaban J connectivity index is 2.12. The van der Waals surface area contributed by atoms with Crippen LogP contribution in [0.15, 0.2) is 18.2 Å². The Bertz CT molecular complexity index is 357. The summed E-state index contributed by atoms with van der Waals surface area (Å²) in [6.45, 7) is 2.25. The molecule has 3 nitrogen and oxygen atoms in total. The van der Waals surface area contributed by atoms with Gasteiger partial charge in [0.15, 0.2) is 0 Å². The average Bonchev–Trinajstić information content (AvgIpc) is 2.30.